The summed E-state index contributed by atoms with van der Waals surface area (Å²) in [5.74, 6) is -0.373. The van der Waals surface area contributed by atoms with Crippen LogP contribution in [-0.2, 0) is 14.8 Å². The number of rotatable bonds is 6. The molecule has 146 valence electrons. The normalized spacial score (nSPS) is 12.5. The summed E-state index contributed by atoms with van der Waals surface area (Å²) in [6.07, 6.45) is 1.09. The third-order valence-electron chi connectivity index (χ3n) is 4.38. The maximum atomic E-state index is 12.6. The molecule has 0 saturated heterocycles. The summed E-state index contributed by atoms with van der Waals surface area (Å²) >= 11 is 5.96. The van der Waals surface area contributed by atoms with E-state index in [1.807, 2.05) is 32.9 Å². The van der Waals surface area contributed by atoms with Crippen molar-refractivity contribution in [2.24, 2.45) is 0 Å². The van der Waals surface area contributed by atoms with Crippen LogP contribution in [0.25, 0.3) is 0 Å². The number of carbonyl (C=O) groups excluding carboxylic acids is 1. The van der Waals surface area contributed by atoms with Gasteiger partial charge in [0.2, 0.25) is 15.9 Å². The molecule has 0 unspecified atom stereocenters. The predicted molar refractivity (Wildman–Crippen MR) is 111 cm³/mol. The number of hydrogen-bond donors (Lipinski definition) is 1. The summed E-state index contributed by atoms with van der Waals surface area (Å²) in [5, 5.41) is 3.40. The van der Waals surface area contributed by atoms with Gasteiger partial charge in [0.05, 0.1) is 18.0 Å². The molecule has 0 spiro atoms. The fraction of sp³-hybridized carbons (Fsp3) is 0.350. The van der Waals surface area contributed by atoms with E-state index in [1.54, 1.807) is 25.1 Å². The van der Waals surface area contributed by atoms with Crippen molar-refractivity contribution in [3.63, 3.8) is 0 Å². The molecule has 1 N–H and O–H groups in total. The van der Waals surface area contributed by atoms with E-state index < -0.39 is 10.0 Å². The fourth-order valence-corrected chi connectivity index (χ4v) is 4.23. The molecule has 0 aromatic heterocycles. The molecule has 2 aromatic carbocycles. The Labute approximate surface area is 166 Å². The minimum absolute atomic E-state index is 0.231. The molecule has 7 heteroatoms. The van der Waals surface area contributed by atoms with Crippen LogP contribution in [-0.4, -0.2) is 27.1 Å². The quantitative estimate of drug-likeness (QED) is 0.787. The number of anilines is 1. The van der Waals surface area contributed by atoms with E-state index in [1.165, 1.54) is 0 Å². The van der Waals surface area contributed by atoms with Crippen LogP contribution in [0.4, 0.5) is 5.69 Å². The summed E-state index contributed by atoms with van der Waals surface area (Å²) in [6, 6.07) is 10.7. The Kier molecular flexibility index (Phi) is 6.54. The summed E-state index contributed by atoms with van der Waals surface area (Å²) < 4.78 is 25.6. The highest BCUT2D eigenvalue weighted by Crippen LogP contribution is 2.25. The van der Waals surface area contributed by atoms with Gasteiger partial charge in [0.1, 0.15) is 6.54 Å². The van der Waals surface area contributed by atoms with Gasteiger partial charge in [-0.3, -0.25) is 9.10 Å². The van der Waals surface area contributed by atoms with Crippen LogP contribution in [0.1, 0.15) is 35.2 Å². The molecule has 0 radical (unpaired) electrons. The zero-order valence-electron chi connectivity index (χ0n) is 16.2. The van der Waals surface area contributed by atoms with Gasteiger partial charge in [-0.25, -0.2) is 8.42 Å². The van der Waals surface area contributed by atoms with Crippen LogP contribution in [0.15, 0.2) is 36.4 Å². The Morgan fingerprint density at radius 1 is 1.11 bits per heavy atom. The predicted octanol–water partition coefficient (Wildman–Crippen LogP) is 3.91. The molecule has 0 aliphatic heterocycles. The van der Waals surface area contributed by atoms with Crippen molar-refractivity contribution >= 4 is 33.2 Å². The molecule has 1 atom stereocenters. The number of nitrogens with zero attached hydrogens (tertiary/aromatic N) is 1. The number of carbonyl (C=O) groups is 1. The molecule has 2 rings (SSSR count). The molecule has 1 amide bonds. The first-order valence-electron chi connectivity index (χ1n) is 8.59. The van der Waals surface area contributed by atoms with Crippen LogP contribution in [0, 0.1) is 20.8 Å². The lowest BCUT2D eigenvalue weighted by Gasteiger charge is -2.25. The number of benzene rings is 2. The molecular formula is C20H25ClN2O3S. The number of hydrogen-bond acceptors (Lipinski definition) is 3. The molecule has 0 heterocycles. The highest BCUT2D eigenvalue weighted by molar-refractivity contribution is 7.92. The number of halogens is 1. The van der Waals surface area contributed by atoms with E-state index >= 15 is 0 Å². The van der Waals surface area contributed by atoms with Gasteiger partial charge in [0, 0.05) is 5.02 Å². The zero-order chi connectivity index (χ0) is 20.4. The molecule has 0 bridgehead atoms. The smallest absolute Gasteiger partial charge is 0.241 e. The van der Waals surface area contributed by atoms with Gasteiger partial charge in [-0.1, -0.05) is 35.4 Å². The van der Waals surface area contributed by atoms with Crippen LogP contribution < -0.4 is 9.62 Å². The van der Waals surface area contributed by atoms with E-state index in [9.17, 15) is 13.2 Å². The maximum absolute atomic E-state index is 12.6. The second-order valence-corrected chi connectivity index (χ2v) is 9.19. The standard InChI is InChI=1S/C20H25ClN2O3S/c1-13-6-8-18(14(2)10-13)16(4)22-20(24)12-23(27(5,25)26)19-9-7-17(21)11-15(19)3/h6-11,16H,12H2,1-5H3,(H,22,24)/t16-/m0/s1. The Morgan fingerprint density at radius 3 is 2.33 bits per heavy atom. The lowest BCUT2D eigenvalue weighted by Crippen LogP contribution is -2.41. The van der Waals surface area contributed by atoms with E-state index in [2.05, 4.69) is 11.4 Å². The van der Waals surface area contributed by atoms with E-state index in [0.29, 0.717) is 16.3 Å². The van der Waals surface area contributed by atoms with Crippen LogP contribution in [0.3, 0.4) is 0 Å². The lowest BCUT2D eigenvalue weighted by molar-refractivity contribution is -0.120. The Balaban J connectivity index is 2.21. The minimum Gasteiger partial charge on any atom is -0.348 e. The first-order chi connectivity index (χ1) is 12.5. The van der Waals surface area contributed by atoms with Gasteiger partial charge in [-0.15, -0.1) is 0 Å². The molecule has 5 nitrogen and oxygen atoms in total. The van der Waals surface area contributed by atoms with Crippen molar-refractivity contribution in [2.45, 2.75) is 33.7 Å². The first-order valence-corrected chi connectivity index (χ1v) is 10.8. The number of amides is 1. The summed E-state index contributed by atoms with van der Waals surface area (Å²) in [6.45, 7) is 7.35. The van der Waals surface area contributed by atoms with Crippen molar-refractivity contribution in [2.75, 3.05) is 17.1 Å². The second kappa shape index (κ2) is 8.31. The van der Waals surface area contributed by atoms with Crippen molar-refractivity contribution in [1.82, 2.24) is 5.32 Å². The van der Waals surface area contributed by atoms with Crippen LogP contribution in [0.2, 0.25) is 5.02 Å². The average Bonchev–Trinajstić information content (AvgIpc) is 2.52. The van der Waals surface area contributed by atoms with Gasteiger partial charge in [-0.05, 0) is 62.6 Å². The van der Waals surface area contributed by atoms with E-state index in [0.717, 1.165) is 27.3 Å². The molecule has 2 aromatic rings. The minimum atomic E-state index is -3.63. The summed E-state index contributed by atoms with van der Waals surface area (Å²) in [7, 11) is -3.63. The van der Waals surface area contributed by atoms with Crippen LogP contribution >= 0.6 is 11.6 Å². The highest BCUT2D eigenvalue weighted by Gasteiger charge is 2.23. The molecule has 0 aliphatic rings. The number of sulfonamides is 1. The second-order valence-electron chi connectivity index (χ2n) is 6.85. The Morgan fingerprint density at radius 2 is 1.78 bits per heavy atom. The maximum Gasteiger partial charge on any atom is 0.241 e. The summed E-state index contributed by atoms with van der Waals surface area (Å²) in [5.41, 5.74) is 4.36. The summed E-state index contributed by atoms with van der Waals surface area (Å²) in [4.78, 5) is 12.6. The molecule has 0 aliphatic carbocycles. The van der Waals surface area contributed by atoms with Gasteiger partial charge >= 0.3 is 0 Å². The van der Waals surface area contributed by atoms with Gasteiger partial charge in [0.25, 0.3) is 0 Å². The highest BCUT2D eigenvalue weighted by atomic mass is 35.5. The van der Waals surface area contributed by atoms with Gasteiger partial charge in [0.15, 0.2) is 0 Å². The zero-order valence-corrected chi connectivity index (χ0v) is 17.8. The number of aryl methyl sites for hydroxylation is 3. The molecule has 27 heavy (non-hydrogen) atoms. The largest absolute Gasteiger partial charge is 0.348 e. The topological polar surface area (TPSA) is 66.5 Å². The lowest BCUT2D eigenvalue weighted by atomic mass is 10.0. The third-order valence-corrected chi connectivity index (χ3v) is 5.75. The van der Waals surface area contributed by atoms with Crippen LogP contribution in [0.5, 0.6) is 0 Å². The van der Waals surface area contributed by atoms with Crippen molar-refractivity contribution in [1.29, 1.82) is 0 Å². The third kappa shape index (κ3) is 5.47. The van der Waals surface area contributed by atoms with E-state index in [-0.39, 0.29) is 18.5 Å². The molecule has 0 fully saturated rings. The van der Waals surface area contributed by atoms with Crippen molar-refractivity contribution in [3.8, 4) is 0 Å². The SMILES string of the molecule is Cc1ccc([C@H](C)NC(=O)CN(c2ccc(Cl)cc2C)S(C)(=O)=O)c(C)c1. The monoisotopic (exact) mass is 408 g/mol. The van der Waals surface area contributed by atoms with E-state index in [4.69, 9.17) is 11.6 Å². The Bertz CT molecular complexity index is 958. The average molecular weight is 409 g/mol. The van der Waals surface area contributed by atoms with Crippen molar-refractivity contribution < 1.29 is 13.2 Å². The van der Waals surface area contributed by atoms with Gasteiger partial charge < -0.3 is 5.32 Å². The van der Waals surface area contributed by atoms with Crippen molar-refractivity contribution in [3.05, 3.63) is 63.7 Å². The Hall–Kier alpha value is -2.05. The molecular weight excluding hydrogens is 384 g/mol. The number of nitrogens with one attached hydrogen (secondary N) is 1. The fourth-order valence-electron chi connectivity index (χ4n) is 3.09. The molecule has 0 saturated carbocycles. The first kappa shape index (κ1) is 21.3. The van der Waals surface area contributed by atoms with Gasteiger partial charge in [-0.2, -0.15) is 0 Å².